The van der Waals surface area contributed by atoms with Gasteiger partial charge in [-0.15, -0.1) is 0 Å². The largest absolute Gasteiger partial charge is 0.507 e. The molecule has 5 aromatic rings. The summed E-state index contributed by atoms with van der Waals surface area (Å²) in [4.78, 5) is 135. The molecule has 572 valence electrons. The van der Waals surface area contributed by atoms with Crippen LogP contribution in [0.15, 0.2) is 78.9 Å². The number of likely N-dealkylation sites (N-methyl/N-ethyl adjacent to an activating group) is 1. The Kier molecular flexibility index (Phi) is 26.8. The summed E-state index contributed by atoms with van der Waals surface area (Å²) in [6.45, 7) is 6.94. The second kappa shape index (κ2) is 35.4. The van der Waals surface area contributed by atoms with E-state index in [1.807, 2.05) is 25.7 Å². The molecule has 11 rings (SSSR count). The van der Waals surface area contributed by atoms with Crippen molar-refractivity contribution in [3.05, 3.63) is 117 Å². The van der Waals surface area contributed by atoms with Gasteiger partial charge in [-0.25, -0.2) is 4.79 Å². The molecule has 34 heteroatoms. The van der Waals surface area contributed by atoms with Crippen LogP contribution in [-0.4, -0.2) is 201 Å². The fraction of sp³-hybridized carbons (Fsp3) is 0.458. The second-order valence-corrected chi connectivity index (χ2v) is 27.4. The van der Waals surface area contributed by atoms with E-state index in [1.165, 1.54) is 44.3 Å². The zero-order valence-corrected chi connectivity index (χ0v) is 59.9. The van der Waals surface area contributed by atoms with Gasteiger partial charge in [0.1, 0.15) is 102 Å². The molecule has 0 spiro atoms. The van der Waals surface area contributed by atoms with Gasteiger partial charge in [-0.3, -0.25) is 38.4 Å². The van der Waals surface area contributed by atoms with Gasteiger partial charge in [0, 0.05) is 30.3 Å². The Morgan fingerprint density at radius 3 is 1.98 bits per heavy atom. The van der Waals surface area contributed by atoms with Crippen LogP contribution in [0.4, 0.5) is 4.79 Å². The Labute approximate surface area is 614 Å². The Morgan fingerprint density at radius 1 is 0.679 bits per heavy atom. The summed E-state index contributed by atoms with van der Waals surface area (Å²) in [7, 11) is 5.10. The number of ether oxygens (including phenoxy) is 5. The lowest BCUT2D eigenvalue weighted by molar-refractivity contribution is -0.277. The van der Waals surface area contributed by atoms with Crippen LogP contribution in [-0.2, 0) is 43.1 Å². The monoisotopic (exact) mass is 1500 g/mol. The molecule has 9 amide bonds. The number of carbonyl (C=O) groups excluding carboxylic acids is 9. The number of rotatable bonds is 21. The van der Waals surface area contributed by atoms with Gasteiger partial charge in [0.2, 0.25) is 59.3 Å². The van der Waals surface area contributed by atoms with E-state index in [0.29, 0.717) is 19.4 Å². The van der Waals surface area contributed by atoms with Gasteiger partial charge in [0.05, 0.1) is 24.1 Å². The molecule has 6 heterocycles. The van der Waals surface area contributed by atoms with Gasteiger partial charge in [0.15, 0.2) is 11.5 Å². The molecule has 19 N–H and O–H groups in total. The molecule has 11 bridgehead atoms. The number of benzene rings is 5. The van der Waals surface area contributed by atoms with Crippen LogP contribution >= 0.6 is 11.6 Å². The predicted octanol–water partition coefficient (Wildman–Crippen LogP) is 1.47. The van der Waals surface area contributed by atoms with E-state index in [0.717, 1.165) is 67.8 Å². The third-order valence-corrected chi connectivity index (χ3v) is 18.5. The third kappa shape index (κ3) is 19.0. The number of nitrogens with zero attached hydrogens (tertiary/aromatic N) is 1. The Balaban J connectivity index is 1.30. The standard InChI is InChI=1S/C72H90ClN11O22/c1-8-9-10-11-19-77-72(101)102-38-28-40-52(45(87)29-38)39-24-34(13-16-44(39)86)53-67(97)83-57(70(100)81-55(40)66(96)76-20-12-21-84(6)7)59(90)36-15-18-47(41(73)25-36)104-49-27-37-26-48(63(49)106-71-62(93)61(92)60(91)50(31-85)105-71)103-46-17-14-35(23-33(46)4)58(89)56(82-64(94)42(75-5)22-32(2)3)69(99)78-43(30-51(74)88)65(95)79-54(37)68(98)80-53/h13-18,23-29,32,42-43,50,53-62,71,75,85-87,89-93H,8-12,19-22,30-31H2,1-7H3,(H2,74,88)(H,76,96)(H,77,101)(H,78,99)(H,79,95)(H,80,98)(H,81,100)(H,82,94)(H,83,97)/t42-,43+,50-,53-,54-,55+,56-,57+,58-,59-,60-,61+,62-,71+/m1/s1. The topological polar surface area (TPSA) is 499 Å². The number of nitrogens with one attached hydrogen (secondary N) is 9. The molecule has 0 saturated carbocycles. The summed E-state index contributed by atoms with van der Waals surface area (Å²) in [6, 6.07) is 1.46. The van der Waals surface area contributed by atoms with Crippen molar-refractivity contribution < 1.29 is 108 Å². The number of aromatic hydroxyl groups is 2. The third-order valence-electron chi connectivity index (χ3n) is 18.2. The predicted molar refractivity (Wildman–Crippen MR) is 378 cm³/mol. The van der Waals surface area contributed by atoms with Gasteiger partial charge in [-0.05, 0) is 148 Å². The van der Waals surface area contributed by atoms with Crippen molar-refractivity contribution in [2.24, 2.45) is 11.7 Å². The van der Waals surface area contributed by atoms with Crippen molar-refractivity contribution in [3.63, 3.8) is 0 Å². The maximum atomic E-state index is 16.1. The number of phenols is 2. The summed E-state index contributed by atoms with van der Waals surface area (Å²) >= 11 is 7.10. The highest BCUT2D eigenvalue weighted by Gasteiger charge is 2.47. The second-order valence-electron chi connectivity index (χ2n) is 27.0. The molecular formula is C72H90ClN11O22. The molecular weight excluding hydrogens is 1410 g/mol. The average molecular weight is 1500 g/mol. The Morgan fingerprint density at radius 2 is 1.33 bits per heavy atom. The number of primary amides is 1. The molecule has 0 unspecified atom stereocenters. The number of unbranched alkanes of at least 4 members (excludes halogenated alkanes) is 3. The minimum absolute atomic E-state index is 0.00567. The fourth-order valence-electron chi connectivity index (χ4n) is 12.6. The highest BCUT2D eigenvalue weighted by Crippen LogP contribution is 2.49. The number of aliphatic hydroxyl groups excluding tert-OH is 6. The van der Waals surface area contributed by atoms with Crippen molar-refractivity contribution in [1.82, 2.24) is 52.8 Å². The average Bonchev–Trinajstić information content (AvgIpc) is 0.763. The van der Waals surface area contributed by atoms with Gasteiger partial charge < -0.3 is 123 Å². The summed E-state index contributed by atoms with van der Waals surface area (Å²) in [6.07, 6.45) is -12.0. The van der Waals surface area contributed by atoms with Gasteiger partial charge >= 0.3 is 6.09 Å². The number of aliphatic hydroxyl groups is 6. The maximum Gasteiger partial charge on any atom is 0.412 e. The Bertz CT molecular complexity index is 4110. The van der Waals surface area contributed by atoms with Crippen LogP contribution in [0.1, 0.15) is 129 Å². The van der Waals surface area contributed by atoms with Crippen LogP contribution in [0.25, 0.3) is 11.1 Å². The van der Waals surface area contributed by atoms with E-state index in [-0.39, 0.29) is 81.1 Å². The van der Waals surface area contributed by atoms with Gasteiger partial charge in [-0.1, -0.05) is 69.8 Å². The van der Waals surface area contributed by atoms with Crippen LogP contribution in [0.5, 0.6) is 46.0 Å². The molecule has 5 aromatic carbocycles. The van der Waals surface area contributed by atoms with Crippen LogP contribution < -0.4 is 72.5 Å². The molecule has 14 atom stereocenters. The number of hydrogen-bond donors (Lipinski definition) is 18. The first-order chi connectivity index (χ1) is 50.4. The SMILES string of the molecule is CCCCCCNC(=O)Oc1cc(O)c2c(c1)[C@@H](C(=O)NCCCN(C)C)NC(=O)[C@H]1NC(=O)[C@H](NC(=O)[C@@H]3NC(=O)[C@H](CC(N)=O)NC(=O)[C@H](NC(=O)[C@@H](CC(C)C)NC)[C@H](O)c4ccc(c(C)c4)Oc4cc3cc(c4O[C@@H]3O[C@H](CO)[C@@H](O)[C@H](O)[C@H]3O)Oc3ccc(cc3Cl)[C@H]1O)c1ccc(O)c-2c1. The number of phenolic OH excluding ortho intramolecular Hbond substituents is 2. The molecule has 6 aliphatic rings. The quantitative estimate of drug-likeness (QED) is 0.0463. The number of hydrogen-bond acceptors (Lipinski definition) is 24. The number of aryl methyl sites for hydroxylation is 1. The molecule has 106 heavy (non-hydrogen) atoms. The summed E-state index contributed by atoms with van der Waals surface area (Å²) < 4.78 is 31.1. The molecule has 6 aliphatic heterocycles. The lowest BCUT2D eigenvalue weighted by Crippen LogP contribution is -2.60. The van der Waals surface area contributed by atoms with Crippen molar-refractivity contribution in [3.8, 4) is 57.1 Å². The van der Waals surface area contributed by atoms with Crippen molar-refractivity contribution in [1.29, 1.82) is 0 Å². The zero-order chi connectivity index (χ0) is 77.1. The highest BCUT2D eigenvalue weighted by molar-refractivity contribution is 6.32. The highest BCUT2D eigenvalue weighted by atomic mass is 35.5. The summed E-state index contributed by atoms with van der Waals surface area (Å²) in [5.74, 6) is -13.6. The van der Waals surface area contributed by atoms with Crippen LogP contribution in [0, 0.1) is 12.8 Å². The molecule has 1 fully saturated rings. The van der Waals surface area contributed by atoms with E-state index in [2.05, 4.69) is 47.9 Å². The molecule has 0 aliphatic carbocycles. The summed E-state index contributed by atoms with van der Waals surface area (Å²) in [5.41, 5.74) is 3.90. The Hall–Kier alpha value is -9.94. The summed E-state index contributed by atoms with van der Waals surface area (Å²) in [5, 5.41) is 116. The van der Waals surface area contributed by atoms with Crippen LogP contribution in [0.3, 0.4) is 0 Å². The van der Waals surface area contributed by atoms with E-state index in [4.69, 9.17) is 41.0 Å². The number of fused-ring (bicyclic) bond motifs is 15. The van der Waals surface area contributed by atoms with Crippen molar-refractivity contribution >= 4 is 65.0 Å². The molecule has 1 saturated heterocycles. The molecule has 0 radical (unpaired) electrons. The normalized spacial score (nSPS) is 24.2. The molecule has 0 aromatic heterocycles. The first-order valence-electron chi connectivity index (χ1n) is 34.5. The van der Waals surface area contributed by atoms with Crippen LogP contribution in [0.2, 0.25) is 5.02 Å². The molecule has 33 nitrogen and oxygen atoms in total. The van der Waals surface area contributed by atoms with E-state index in [9.17, 15) is 64.8 Å². The fourth-order valence-corrected chi connectivity index (χ4v) is 12.8. The smallest absolute Gasteiger partial charge is 0.412 e. The number of amides is 9. The maximum absolute atomic E-state index is 16.1. The van der Waals surface area contributed by atoms with E-state index in [1.54, 1.807) is 14.1 Å². The minimum atomic E-state index is -2.29. The number of halogens is 1. The number of carbonyl (C=O) groups is 9. The minimum Gasteiger partial charge on any atom is -0.507 e. The van der Waals surface area contributed by atoms with Gasteiger partial charge in [0.25, 0.3) is 0 Å². The lowest BCUT2D eigenvalue weighted by Gasteiger charge is -2.39. The lowest BCUT2D eigenvalue weighted by atomic mass is 9.89. The zero-order valence-electron chi connectivity index (χ0n) is 59.1. The first kappa shape index (κ1) is 80.2. The van der Waals surface area contributed by atoms with E-state index < -0.39 is 191 Å². The van der Waals surface area contributed by atoms with Crippen molar-refractivity contribution in [2.75, 3.05) is 47.4 Å². The van der Waals surface area contributed by atoms with Crippen molar-refractivity contribution in [2.45, 2.75) is 158 Å². The van der Waals surface area contributed by atoms with E-state index >= 15 is 19.2 Å². The number of nitrogens with two attached hydrogens (primary N) is 1. The van der Waals surface area contributed by atoms with Gasteiger partial charge in [-0.2, -0.15) is 0 Å². The first-order valence-corrected chi connectivity index (χ1v) is 34.9.